The third kappa shape index (κ3) is 5.84. The number of morpholine rings is 1. The Morgan fingerprint density at radius 2 is 1.91 bits per heavy atom. The first-order valence-electron chi connectivity index (χ1n) is 11.2. The van der Waals surface area contributed by atoms with Crippen molar-refractivity contribution in [3.05, 3.63) is 75.4 Å². The number of carbonyl (C=O) groups is 1. The van der Waals surface area contributed by atoms with E-state index < -0.39 is 17.6 Å². The van der Waals surface area contributed by atoms with Gasteiger partial charge < -0.3 is 14.4 Å². The Labute approximate surface area is 200 Å². The molecule has 34 heavy (non-hydrogen) atoms. The average molecular weight is 489 g/mol. The molecule has 1 saturated heterocycles. The molecule has 1 aliphatic rings. The summed E-state index contributed by atoms with van der Waals surface area (Å²) in [5.74, 6) is -2.87. The molecule has 0 unspecified atom stereocenters. The van der Waals surface area contributed by atoms with Gasteiger partial charge in [0.05, 0.1) is 23.8 Å². The number of aromatic nitrogens is 1. The Hall–Kier alpha value is -2.75. The molecule has 0 bridgehead atoms. The van der Waals surface area contributed by atoms with E-state index in [0.29, 0.717) is 15.9 Å². The minimum atomic E-state index is -1.05. The number of benzene rings is 2. The molecule has 0 saturated carbocycles. The van der Waals surface area contributed by atoms with Crippen LogP contribution in [-0.2, 0) is 28.2 Å². The number of hydrogen-bond acceptors (Lipinski definition) is 5. The van der Waals surface area contributed by atoms with Gasteiger partial charge in [-0.1, -0.05) is 18.2 Å². The summed E-state index contributed by atoms with van der Waals surface area (Å²) in [4.78, 5) is 26.7. The number of ether oxygens (including phenoxy) is 1. The van der Waals surface area contributed by atoms with E-state index in [-0.39, 0.29) is 23.3 Å². The average Bonchev–Trinajstić information content (AvgIpc) is 2.82. The standard InChI is InChI=1S/C25H26F2N2O4S/c26-20-5-1-4-18(25(20)27)16-34-23-14-22(30)19-7-6-17(13-21(19)29(23)15-24(31)32)3-2-8-28-9-11-33-12-10-28/h1,4-7,13-14H,2-3,8-12,15-16H2,(H,31,32). The molecule has 0 amide bonds. The first-order chi connectivity index (χ1) is 16.4. The van der Waals surface area contributed by atoms with Crippen molar-refractivity contribution in [2.24, 2.45) is 0 Å². The summed E-state index contributed by atoms with van der Waals surface area (Å²) in [6.07, 6.45) is 1.72. The highest BCUT2D eigenvalue weighted by Gasteiger charge is 2.15. The first-order valence-corrected chi connectivity index (χ1v) is 12.1. The molecule has 0 radical (unpaired) electrons. The number of aryl methyl sites for hydroxylation is 1. The van der Waals surface area contributed by atoms with Crippen molar-refractivity contribution in [1.29, 1.82) is 0 Å². The van der Waals surface area contributed by atoms with Gasteiger partial charge in [-0.25, -0.2) is 8.78 Å². The van der Waals surface area contributed by atoms with Crippen LogP contribution < -0.4 is 5.43 Å². The molecule has 0 aliphatic carbocycles. The van der Waals surface area contributed by atoms with Crippen molar-refractivity contribution < 1.29 is 23.4 Å². The monoisotopic (exact) mass is 488 g/mol. The Bertz CT molecular complexity index is 1240. The van der Waals surface area contributed by atoms with Crippen molar-refractivity contribution >= 4 is 28.6 Å². The molecular formula is C25H26F2N2O4S. The molecular weight excluding hydrogens is 462 g/mol. The zero-order valence-corrected chi connectivity index (χ0v) is 19.5. The third-order valence-corrected chi connectivity index (χ3v) is 6.97. The normalized spacial score (nSPS) is 14.5. The minimum absolute atomic E-state index is 0.0629. The van der Waals surface area contributed by atoms with Crippen LogP contribution in [0.5, 0.6) is 0 Å². The lowest BCUT2D eigenvalue weighted by Crippen LogP contribution is -2.36. The summed E-state index contributed by atoms with van der Waals surface area (Å²) in [6.45, 7) is 3.93. The number of aliphatic carboxylic acids is 1. The molecule has 2 heterocycles. The van der Waals surface area contributed by atoms with Crippen LogP contribution in [0.4, 0.5) is 8.78 Å². The minimum Gasteiger partial charge on any atom is -0.480 e. The van der Waals surface area contributed by atoms with Crippen LogP contribution >= 0.6 is 11.8 Å². The highest BCUT2D eigenvalue weighted by molar-refractivity contribution is 7.98. The number of carboxylic acid groups (broad SMARTS) is 1. The number of nitrogens with zero attached hydrogens (tertiary/aromatic N) is 2. The van der Waals surface area contributed by atoms with E-state index in [1.165, 1.54) is 18.2 Å². The van der Waals surface area contributed by atoms with Crippen LogP contribution in [0.15, 0.2) is 52.3 Å². The van der Waals surface area contributed by atoms with Crippen LogP contribution in [0.3, 0.4) is 0 Å². The zero-order valence-electron chi connectivity index (χ0n) is 18.6. The molecule has 1 aromatic heterocycles. The fourth-order valence-electron chi connectivity index (χ4n) is 4.11. The second-order valence-corrected chi connectivity index (χ2v) is 9.23. The molecule has 1 N–H and O–H groups in total. The van der Waals surface area contributed by atoms with Crippen molar-refractivity contribution in [3.8, 4) is 0 Å². The maximum absolute atomic E-state index is 14.1. The van der Waals surface area contributed by atoms with E-state index in [1.54, 1.807) is 10.6 Å². The van der Waals surface area contributed by atoms with E-state index in [0.717, 1.165) is 69.1 Å². The molecule has 0 spiro atoms. The predicted molar refractivity (Wildman–Crippen MR) is 127 cm³/mol. The summed E-state index contributed by atoms with van der Waals surface area (Å²) in [6, 6.07) is 10.8. The van der Waals surface area contributed by atoms with Crippen molar-refractivity contribution in [1.82, 2.24) is 9.47 Å². The van der Waals surface area contributed by atoms with E-state index in [2.05, 4.69) is 4.90 Å². The van der Waals surface area contributed by atoms with E-state index >= 15 is 0 Å². The number of fused-ring (bicyclic) bond motifs is 1. The maximum atomic E-state index is 14.1. The topological polar surface area (TPSA) is 71.8 Å². The second-order valence-electron chi connectivity index (χ2n) is 8.24. The van der Waals surface area contributed by atoms with Gasteiger partial charge in [-0.3, -0.25) is 14.5 Å². The molecule has 2 aromatic carbocycles. The van der Waals surface area contributed by atoms with E-state index in [9.17, 15) is 23.5 Å². The Kier molecular flexibility index (Phi) is 7.97. The Balaban J connectivity index is 1.60. The fourth-order valence-corrected chi connectivity index (χ4v) is 5.15. The van der Waals surface area contributed by atoms with Gasteiger partial charge in [-0.15, -0.1) is 11.8 Å². The summed E-state index contributed by atoms with van der Waals surface area (Å²) < 4.78 is 34.6. The number of pyridine rings is 1. The smallest absolute Gasteiger partial charge is 0.323 e. The maximum Gasteiger partial charge on any atom is 0.323 e. The SMILES string of the molecule is O=C(O)Cn1c(SCc2cccc(F)c2F)cc(=O)c2ccc(CCCN3CCOCC3)cc21. The lowest BCUT2D eigenvalue weighted by atomic mass is 10.1. The summed E-state index contributed by atoms with van der Waals surface area (Å²) in [5, 5.41) is 10.3. The lowest BCUT2D eigenvalue weighted by Gasteiger charge is -2.26. The molecule has 6 nitrogen and oxygen atoms in total. The highest BCUT2D eigenvalue weighted by Crippen LogP contribution is 2.27. The largest absolute Gasteiger partial charge is 0.480 e. The lowest BCUT2D eigenvalue weighted by molar-refractivity contribution is -0.137. The number of rotatable bonds is 9. The van der Waals surface area contributed by atoms with E-state index in [1.807, 2.05) is 12.1 Å². The molecule has 0 atom stereocenters. The fraction of sp³-hybridized carbons (Fsp3) is 0.360. The Morgan fingerprint density at radius 3 is 2.68 bits per heavy atom. The van der Waals surface area contributed by atoms with Gasteiger partial charge in [0.1, 0.15) is 6.54 Å². The quantitative estimate of drug-likeness (QED) is 0.461. The highest BCUT2D eigenvalue weighted by atomic mass is 32.2. The van der Waals surface area contributed by atoms with E-state index in [4.69, 9.17) is 4.74 Å². The molecule has 180 valence electrons. The van der Waals surface area contributed by atoms with Gasteiger partial charge in [0.25, 0.3) is 0 Å². The van der Waals surface area contributed by atoms with Gasteiger partial charge in [0.2, 0.25) is 0 Å². The predicted octanol–water partition coefficient (Wildman–Crippen LogP) is 3.92. The van der Waals surface area contributed by atoms with Crippen molar-refractivity contribution in [3.63, 3.8) is 0 Å². The summed E-state index contributed by atoms with van der Waals surface area (Å²) in [7, 11) is 0. The second kappa shape index (κ2) is 11.1. The summed E-state index contributed by atoms with van der Waals surface area (Å²) in [5.41, 5.74) is 1.45. The third-order valence-electron chi connectivity index (χ3n) is 5.88. The number of halogens is 2. The van der Waals surface area contributed by atoms with Gasteiger partial charge in [-0.05, 0) is 43.1 Å². The van der Waals surface area contributed by atoms with Crippen LogP contribution in [0.1, 0.15) is 17.5 Å². The van der Waals surface area contributed by atoms with Crippen molar-refractivity contribution in [2.45, 2.75) is 30.2 Å². The number of thioether (sulfide) groups is 1. The van der Waals surface area contributed by atoms with Crippen LogP contribution in [0.2, 0.25) is 0 Å². The number of hydrogen-bond donors (Lipinski definition) is 1. The van der Waals surface area contributed by atoms with Gasteiger partial charge in [0.15, 0.2) is 17.1 Å². The van der Waals surface area contributed by atoms with Crippen LogP contribution in [0.25, 0.3) is 10.9 Å². The zero-order chi connectivity index (χ0) is 24.1. The van der Waals surface area contributed by atoms with Gasteiger partial charge in [0, 0.05) is 35.9 Å². The van der Waals surface area contributed by atoms with Crippen LogP contribution in [0, 0.1) is 11.6 Å². The summed E-state index contributed by atoms with van der Waals surface area (Å²) >= 11 is 1.11. The molecule has 9 heteroatoms. The first kappa shape index (κ1) is 24.4. The van der Waals surface area contributed by atoms with Gasteiger partial charge in [-0.2, -0.15) is 0 Å². The molecule has 4 rings (SSSR count). The van der Waals surface area contributed by atoms with Crippen LogP contribution in [-0.4, -0.2) is 53.4 Å². The van der Waals surface area contributed by atoms with Crippen molar-refractivity contribution in [2.75, 3.05) is 32.8 Å². The Morgan fingerprint density at radius 1 is 1.12 bits per heavy atom. The molecule has 1 fully saturated rings. The molecule has 1 aliphatic heterocycles. The van der Waals surface area contributed by atoms with Gasteiger partial charge >= 0.3 is 5.97 Å². The number of carboxylic acids is 1. The molecule has 3 aromatic rings.